The number of aliphatic hydroxyl groups excluding tert-OH is 2. The molecule has 3 rings (SSSR count). The molecule has 0 aromatic heterocycles. The minimum atomic E-state index is -0.757. The van der Waals surface area contributed by atoms with Crippen LogP contribution in [0.2, 0.25) is 0 Å². The molecule has 0 heterocycles. The molecule has 0 aromatic carbocycles. The van der Waals surface area contributed by atoms with Crippen molar-refractivity contribution in [3.8, 4) is 11.8 Å². The quantitative estimate of drug-likeness (QED) is 0.504. The second-order valence-electron chi connectivity index (χ2n) is 8.75. The van der Waals surface area contributed by atoms with E-state index in [1.54, 1.807) is 0 Å². The molecule has 0 saturated heterocycles. The van der Waals surface area contributed by atoms with Gasteiger partial charge in [-0.15, -0.1) is 0 Å². The zero-order chi connectivity index (χ0) is 19.4. The molecule has 3 fully saturated rings. The fraction of sp³-hybridized carbons (Fsp3) is 0.783. The molecule has 0 aliphatic heterocycles. The molecule has 4 heteroatoms. The van der Waals surface area contributed by atoms with Gasteiger partial charge < -0.3 is 15.3 Å². The molecule has 3 saturated carbocycles. The lowest BCUT2D eigenvalue weighted by atomic mass is 9.46. The summed E-state index contributed by atoms with van der Waals surface area (Å²) in [5.41, 5.74) is 1.44. The van der Waals surface area contributed by atoms with Crippen LogP contribution in [0.25, 0.3) is 0 Å². The van der Waals surface area contributed by atoms with E-state index < -0.39 is 18.2 Å². The number of aliphatic hydroxyl groups is 2. The van der Waals surface area contributed by atoms with E-state index >= 15 is 0 Å². The minimum absolute atomic E-state index is 0.0754. The molecule has 4 nitrogen and oxygen atoms in total. The second-order valence-corrected chi connectivity index (χ2v) is 8.75. The second kappa shape index (κ2) is 8.80. The first kappa shape index (κ1) is 20.4. The number of allylic oxidation sites excluding steroid dienone is 2. The summed E-state index contributed by atoms with van der Waals surface area (Å²) >= 11 is 0. The van der Waals surface area contributed by atoms with Crippen molar-refractivity contribution in [1.82, 2.24) is 0 Å². The zero-order valence-electron chi connectivity index (χ0n) is 16.5. The molecule has 0 aromatic rings. The molecule has 0 spiro atoms. The highest BCUT2D eigenvalue weighted by atomic mass is 16.4. The van der Waals surface area contributed by atoms with Gasteiger partial charge in [0.2, 0.25) is 0 Å². The Morgan fingerprint density at radius 1 is 1.30 bits per heavy atom. The van der Waals surface area contributed by atoms with E-state index in [0.717, 1.165) is 38.5 Å². The molecule has 150 valence electrons. The SMILES string of the molecule is CC[C@@]12CC[C@H](O)[C@@H](C#CC(O)C3CCCCC3)[C@@H]1C/C2=C/CCC(=O)O. The Kier molecular flexibility index (Phi) is 6.65. The first-order chi connectivity index (χ1) is 13.0. The number of carbonyl (C=O) groups is 1. The van der Waals surface area contributed by atoms with Gasteiger partial charge in [0, 0.05) is 6.42 Å². The molecule has 5 atom stereocenters. The fourth-order valence-electron chi connectivity index (χ4n) is 5.68. The molecule has 3 aliphatic rings. The molecule has 1 unspecified atom stereocenters. The summed E-state index contributed by atoms with van der Waals surface area (Å²) in [6, 6.07) is 0. The van der Waals surface area contributed by atoms with Crippen molar-refractivity contribution in [2.45, 2.75) is 89.8 Å². The van der Waals surface area contributed by atoms with Crippen molar-refractivity contribution < 1.29 is 20.1 Å². The van der Waals surface area contributed by atoms with E-state index in [1.165, 1.54) is 24.8 Å². The Labute approximate surface area is 163 Å². The monoisotopic (exact) mass is 374 g/mol. The van der Waals surface area contributed by atoms with Crippen LogP contribution in [0.4, 0.5) is 0 Å². The lowest BCUT2D eigenvalue weighted by Crippen LogP contribution is -2.53. The van der Waals surface area contributed by atoms with Crippen LogP contribution in [0.15, 0.2) is 11.6 Å². The fourth-order valence-corrected chi connectivity index (χ4v) is 5.68. The van der Waals surface area contributed by atoms with Gasteiger partial charge in [-0.25, -0.2) is 0 Å². The first-order valence-corrected chi connectivity index (χ1v) is 10.8. The molecular weight excluding hydrogens is 340 g/mol. The Balaban J connectivity index is 1.70. The number of rotatable bonds is 5. The summed E-state index contributed by atoms with van der Waals surface area (Å²) in [5.74, 6) is 6.17. The number of hydrogen-bond acceptors (Lipinski definition) is 3. The van der Waals surface area contributed by atoms with Crippen LogP contribution < -0.4 is 0 Å². The summed E-state index contributed by atoms with van der Waals surface area (Å²) < 4.78 is 0. The van der Waals surface area contributed by atoms with E-state index in [1.807, 2.05) is 0 Å². The molecule has 3 aliphatic carbocycles. The summed E-state index contributed by atoms with van der Waals surface area (Å²) in [7, 11) is 0. The highest BCUT2D eigenvalue weighted by molar-refractivity contribution is 5.66. The highest BCUT2D eigenvalue weighted by Gasteiger charge is 2.56. The van der Waals surface area contributed by atoms with E-state index in [-0.39, 0.29) is 23.7 Å². The maximum atomic E-state index is 10.8. The van der Waals surface area contributed by atoms with Crippen molar-refractivity contribution in [3.05, 3.63) is 11.6 Å². The predicted molar refractivity (Wildman–Crippen MR) is 105 cm³/mol. The lowest BCUT2D eigenvalue weighted by molar-refractivity contribution is -0.136. The Morgan fingerprint density at radius 2 is 2.04 bits per heavy atom. The maximum absolute atomic E-state index is 10.8. The number of aliphatic carboxylic acids is 1. The Bertz CT molecular complexity index is 622. The number of carboxylic acids is 1. The van der Waals surface area contributed by atoms with Gasteiger partial charge in [0.05, 0.1) is 12.0 Å². The standard InChI is InChI=1S/C23H34O4/c1-2-23-14-13-21(25)18(11-12-20(24)16-7-4-3-5-8-16)19(23)15-17(23)9-6-10-22(26)27/h9,16,18-21,24-25H,2-8,10,13-15H2,1H3,(H,26,27)/b17-9-/t18-,19-,20?,21-,23-/m0/s1. The van der Waals surface area contributed by atoms with Crippen LogP contribution in [0.5, 0.6) is 0 Å². The van der Waals surface area contributed by atoms with Crippen molar-refractivity contribution in [1.29, 1.82) is 0 Å². The van der Waals surface area contributed by atoms with Gasteiger partial charge in [0.1, 0.15) is 6.10 Å². The van der Waals surface area contributed by atoms with Crippen LogP contribution in [-0.4, -0.2) is 33.5 Å². The number of carboxylic acid groups (broad SMARTS) is 1. The topological polar surface area (TPSA) is 77.8 Å². The number of fused-ring (bicyclic) bond motifs is 1. The third-order valence-electron chi connectivity index (χ3n) is 7.40. The van der Waals surface area contributed by atoms with Gasteiger partial charge >= 0.3 is 5.97 Å². The minimum Gasteiger partial charge on any atom is -0.481 e. The Hall–Kier alpha value is -1.31. The average Bonchev–Trinajstić information content (AvgIpc) is 2.66. The van der Waals surface area contributed by atoms with Gasteiger partial charge in [-0.2, -0.15) is 0 Å². The summed E-state index contributed by atoms with van der Waals surface area (Å²) in [6.07, 6.45) is 11.2. The maximum Gasteiger partial charge on any atom is 0.303 e. The van der Waals surface area contributed by atoms with Crippen LogP contribution in [0.3, 0.4) is 0 Å². The van der Waals surface area contributed by atoms with Crippen LogP contribution in [-0.2, 0) is 4.79 Å². The van der Waals surface area contributed by atoms with Crippen molar-refractivity contribution >= 4 is 5.97 Å². The number of hydrogen-bond donors (Lipinski definition) is 3. The van der Waals surface area contributed by atoms with Gasteiger partial charge in [-0.1, -0.05) is 49.7 Å². The molecule has 0 bridgehead atoms. The molecule has 3 N–H and O–H groups in total. The molecular formula is C23H34O4. The first-order valence-electron chi connectivity index (χ1n) is 10.8. The third kappa shape index (κ3) is 4.25. The third-order valence-corrected chi connectivity index (χ3v) is 7.40. The smallest absolute Gasteiger partial charge is 0.303 e. The summed E-state index contributed by atoms with van der Waals surface area (Å²) in [4.78, 5) is 10.8. The average molecular weight is 375 g/mol. The molecule has 0 radical (unpaired) electrons. The van der Waals surface area contributed by atoms with E-state index in [9.17, 15) is 15.0 Å². The van der Waals surface area contributed by atoms with Crippen molar-refractivity contribution in [2.75, 3.05) is 0 Å². The lowest BCUT2D eigenvalue weighted by Gasteiger charge is -2.58. The largest absolute Gasteiger partial charge is 0.481 e. The van der Waals surface area contributed by atoms with E-state index in [0.29, 0.717) is 12.3 Å². The molecule has 27 heavy (non-hydrogen) atoms. The van der Waals surface area contributed by atoms with Gasteiger partial charge in [-0.3, -0.25) is 4.79 Å². The molecule has 0 amide bonds. The van der Waals surface area contributed by atoms with Gasteiger partial charge in [0.25, 0.3) is 0 Å². The van der Waals surface area contributed by atoms with Crippen molar-refractivity contribution in [3.63, 3.8) is 0 Å². The summed E-state index contributed by atoms with van der Waals surface area (Å²) in [5, 5.41) is 29.9. The normalized spacial score (nSPS) is 36.3. The van der Waals surface area contributed by atoms with Crippen LogP contribution >= 0.6 is 0 Å². The van der Waals surface area contributed by atoms with E-state index in [4.69, 9.17) is 5.11 Å². The van der Waals surface area contributed by atoms with Crippen LogP contribution in [0.1, 0.15) is 77.6 Å². The van der Waals surface area contributed by atoms with Gasteiger partial charge in [-0.05, 0) is 62.2 Å². The Morgan fingerprint density at radius 3 is 2.70 bits per heavy atom. The van der Waals surface area contributed by atoms with Crippen molar-refractivity contribution in [2.24, 2.45) is 23.2 Å². The van der Waals surface area contributed by atoms with E-state index in [2.05, 4.69) is 24.8 Å². The zero-order valence-corrected chi connectivity index (χ0v) is 16.5. The summed E-state index contributed by atoms with van der Waals surface area (Å²) in [6.45, 7) is 2.19. The highest BCUT2D eigenvalue weighted by Crippen LogP contribution is 2.62. The van der Waals surface area contributed by atoms with Crippen LogP contribution in [0, 0.1) is 35.0 Å². The predicted octanol–water partition coefficient (Wildman–Crippen LogP) is 3.91. The van der Waals surface area contributed by atoms with Gasteiger partial charge in [0.15, 0.2) is 0 Å².